The lowest BCUT2D eigenvalue weighted by atomic mass is 10.5. The lowest BCUT2D eigenvalue weighted by Crippen LogP contribution is -2.15. The first-order valence-corrected chi connectivity index (χ1v) is 7.64. The maximum atomic E-state index is 12.4. The number of pyridine rings is 1. The molecule has 3 N–H and O–H groups in total. The summed E-state index contributed by atoms with van der Waals surface area (Å²) in [6, 6.07) is 4.15. The van der Waals surface area contributed by atoms with Gasteiger partial charge in [-0.2, -0.15) is 0 Å². The monoisotopic (exact) mass is 285 g/mol. The van der Waals surface area contributed by atoms with Gasteiger partial charge in [0.1, 0.15) is 6.67 Å². The molecule has 0 saturated carbocycles. The quantitative estimate of drug-likeness (QED) is 0.694. The van der Waals surface area contributed by atoms with Crippen molar-refractivity contribution in [3.05, 3.63) is 24.4 Å². The molecule has 0 aliphatic heterocycles. The molecule has 7 nitrogen and oxygen atoms in total. The molecular weight excluding hydrogens is 275 g/mol. The first-order chi connectivity index (χ1) is 7.77. The highest BCUT2D eigenvalue weighted by molar-refractivity contribution is 7.71. The molecule has 1 rings (SSSR count). The van der Waals surface area contributed by atoms with Crippen molar-refractivity contribution in [3.8, 4) is 5.88 Å². The van der Waals surface area contributed by atoms with Crippen LogP contribution in [0.1, 0.15) is 0 Å². The molecule has 0 spiro atoms. The van der Waals surface area contributed by atoms with Crippen molar-refractivity contribution >= 4 is 15.2 Å². The molecule has 0 amide bonds. The Morgan fingerprint density at radius 1 is 1.35 bits per heavy atom. The van der Waals surface area contributed by atoms with E-state index in [1.54, 1.807) is 0 Å². The number of aromatic nitrogens is 1. The minimum atomic E-state index is -5.08. The molecule has 1 aromatic rings. The van der Waals surface area contributed by atoms with E-state index >= 15 is 0 Å². The average molecular weight is 285 g/mol. The van der Waals surface area contributed by atoms with Crippen molar-refractivity contribution < 1.29 is 32.7 Å². The average Bonchev–Trinajstić information content (AvgIpc) is 2.16. The summed E-state index contributed by atoms with van der Waals surface area (Å²) in [6.07, 6.45) is 1.25. The molecule has 0 aromatic carbocycles. The molecule has 0 aliphatic carbocycles. The number of rotatable bonds is 5. The van der Waals surface area contributed by atoms with Crippen molar-refractivity contribution in [2.75, 3.05) is 6.67 Å². The molecule has 0 saturated heterocycles. The molecule has 17 heavy (non-hydrogen) atoms. The molecule has 0 bridgehead atoms. The summed E-state index contributed by atoms with van der Waals surface area (Å²) in [5.41, 5.74) is 0. The summed E-state index contributed by atoms with van der Waals surface area (Å²) >= 11 is 0. The minimum Gasteiger partial charge on any atom is -0.405 e. The van der Waals surface area contributed by atoms with Crippen LogP contribution in [0.5, 0.6) is 5.88 Å². The number of hydrogen-bond donors (Lipinski definition) is 3. The largest absolute Gasteiger partial charge is 0.405 e. The molecule has 10 heteroatoms. The van der Waals surface area contributed by atoms with E-state index in [2.05, 4.69) is 9.51 Å². The maximum absolute atomic E-state index is 12.4. The fourth-order valence-corrected chi connectivity index (χ4v) is 3.48. The standard InChI is InChI=1S/C7H10FNO6P2/c8-5-7(16(10,11)12)17(13,14)15-6-3-1-2-4-9-6/h1-4,7H,5H2,(H,13,14)(H2,10,11,12). The van der Waals surface area contributed by atoms with Crippen LogP contribution in [0.4, 0.5) is 4.39 Å². The molecule has 96 valence electrons. The second kappa shape index (κ2) is 5.25. The third-order valence-corrected chi connectivity index (χ3v) is 5.80. The first-order valence-electron chi connectivity index (χ1n) is 4.31. The van der Waals surface area contributed by atoms with Crippen LogP contribution in [0.15, 0.2) is 24.4 Å². The van der Waals surface area contributed by atoms with Crippen LogP contribution >= 0.6 is 15.2 Å². The van der Waals surface area contributed by atoms with E-state index in [0.717, 1.165) is 0 Å². The summed E-state index contributed by atoms with van der Waals surface area (Å²) in [6.45, 7) is -1.68. The molecule has 2 atom stereocenters. The van der Waals surface area contributed by atoms with Gasteiger partial charge in [-0.05, 0) is 6.07 Å². The van der Waals surface area contributed by atoms with E-state index in [-0.39, 0.29) is 5.88 Å². The molecule has 2 unspecified atom stereocenters. The molecular formula is C7H10FNO6P2. The van der Waals surface area contributed by atoms with Crippen LogP contribution in [0, 0.1) is 0 Å². The lowest BCUT2D eigenvalue weighted by molar-refractivity contribution is 0.324. The van der Waals surface area contributed by atoms with Crippen molar-refractivity contribution in [1.29, 1.82) is 0 Å². The number of alkyl halides is 1. The summed E-state index contributed by atoms with van der Waals surface area (Å²) in [5, 5.41) is -2.41. The van der Waals surface area contributed by atoms with Gasteiger partial charge in [-0.1, -0.05) is 6.07 Å². The molecule has 1 aromatic heterocycles. The van der Waals surface area contributed by atoms with E-state index in [1.165, 1.54) is 24.4 Å². The van der Waals surface area contributed by atoms with E-state index in [1.807, 2.05) is 0 Å². The molecule has 0 fully saturated rings. The van der Waals surface area contributed by atoms with Gasteiger partial charge < -0.3 is 19.2 Å². The zero-order valence-electron chi connectivity index (χ0n) is 8.38. The van der Waals surface area contributed by atoms with E-state index in [9.17, 15) is 18.4 Å². The lowest BCUT2D eigenvalue weighted by Gasteiger charge is -2.20. The van der Waals surface area contributed by atoms with E-state index in [0.29, 0.717) is 0 Å². The Kier molecular flexibility index (Phi) is 4.41. The number of hydrogen-bond acceptors (Lipinski definition) is 4. The second-order valence-corrected chi connectivity index (χ2v) is 7.19. The molecule has 0 aliphatic rings. The van der Waals surface area contributed by atoms with Gasteiger partial charge in [0.25, 0.3) is 0 Å². The molecule has 1 heterocycles. The van der Waals surface area contributed by atoms with E-state index in [4.69, 9.17) is 9.79 Å². The first kappa shape index (κ1) is 14.3. The predicted octanol–water partition coefficient (Wildman–Crippen LogP) is 1.12. The van der Waals surface area contributed by atoms with Crippen LogP contribution < -0.4 is 4.52 Å². The van der Waals surface area contributed by atoms with Gasteiger partial charge in [0.05, 0.1) is 0 Å². The Balaban J connectivity index is 2.95. The van der Waals surface area contributed by atoms with Gasteiger partial charge in [-0.3, -0.25) is 4.57 Å². The van der Waals surface area contributed by atoms with Crippen molar-refractivity contribution in [2.45, 2.75) is 5.40 Å². The van der Waals surface area contributed by atoms with Crippen LogP contribution in [0.3, 0.4) is 0 Å². The second-order valence-electron chi connectivity index (χ2n) is 3.05. The highest BCUT2D eigenvalue weighted by Gasteiger charge is 2.47. The van der Waals surface area contributed by atoms with Crippen LogP contribution in [-0.4, -0.2) is 31.7 Å². The van der Waals surface area contributed by atoms with Crippen molar-refractivity contribution in [2.24, 2.45) is 0 Å². The smallest absolute Gasteiger partial charge is 0.395 e. The van der Waals surface area contributed by atoms with Gasteiger partial charge in [-0.15, -0.1) is 0 Å². The topological polar surface area (TPSA) is 117 Å². The highest BCUT2D eigenvalue weighted by Crippen LogP contribution is 2.62. The number of halogens is 1. The summed E-state index contributed by atoms with van der Waals surface area (Å²) in [4.78, 5) is 30.3. The highest BCUT2D eigenvalue weighted by atomic mass is 31.2. The van der Waals surface area contributed by atoms with Gasteiger partial charge in [0.2, 0.25) is 11.3 Å². The van der Waals surface area contributed by atoms with E-state index < -0.39 is 27.3 Å². The Hall–Kier alpha value is -0.780. The van der Waals surface area contributed by atoms with Crippen LogP contribution in [0.25, 0.3) is 0 Å². The van der Waals surface area contributed by atoms with Crippen LogP contribution in [0.2, 0.25) is 0 Å². The Labute approximate surface area is 96.0 Å². The Morgan fingerprint density at radius 3 is 2.41 bits per heavy atom. The third kappa shape index (κ3) is 3.87. The summed E-state index contributed by atoms with van der Waals surface area (Å²) in [5.74, 6) is -0.315. The maximum Gasteiger partial charge on any atom is 0.395 e. The fourth-order valence-electron chi connectivity index (χ4n) is 0.963. The SMILES string of the molecule is O=P(O)(O)C(CF)P(=O)(O)Oc1ccccn1. The van der Waals surface area contributed by atoms with Gasteiger partial charge >= 0.3 is 15.2 Å². The fraction of sp³-hybridized carbons (Fsp3) is 0.286. The Bertz CT molecular complexity index is 463. The van der Waals surface area contributed by atoms with Crippen LogP contribution in [-0.2, 0) is 9.13 Å². The minimum absolute atomic E-state index is 0.315. The van der Waals surface area contributed by atoms with Crippen molar-refractivity contribution in [1.82, 2.24) is 4.98 Å². The summed E-state index contributed by atoms with van der Waals surface area (Å²) < 4.78 is 39.2. The number of nitrogens with zero attached hydrogens (tertiary/aromatic N) is 1. The zero-order valence-corrected chi connectivity index (χ0v) is 10.2. The molecule has 0 radical (unpaired) electrons. The zero-order chi connectivity index (χ0) is 13.1. The third-order valence-electron chi connectivity index (χ3n) is 1.76. The van der Waals surface area contributed by atoms with Crippen molar-refractivity contribution in [3.63, 3.8) is 0 Å². The predicted molar refractivity (Wildman–Crippen MR) is 56.5 cm³/mol. The van der Waals surface area contributed by atoms with Gasteiger partial charge in [0, 0.05) is 12.3 Å². The van der Waals surface area contributed by atoms with Gasteiger partial charge in [-0.25, -0.2) is 13.9 Å². The summed E-state index contributed by atoms with van der Waals surface area (Å²) in [7, 11) is -9.92. The Morgan fingerprint density at radius 2 is 2.00 bits per heavy atom. The normalized spacial score (nSPS) is 17.2. The van der Waals surface area contributed by atoms with Gasteiger partial charge in [0.15, 0.2) is 0 Å².